The number of nitrogen functional groups attached to an aromatic ring is 1. The van der Waals surface area contributed by atoms with Crippen molar-refractivity contribution in [1.29, 1.82) is 0 Å². The number of pyridine rings is 1. The molecule has 5 nitrogen and oxygen atoms in total. The van der Waals surface area contributed by atoms with Gasteiger partial charge in [-0.05, 0) is 18.9 Å². The molecule has 2 aromatic rings. The Balaban J connectivity index is 1.79. The van der Waals surface area contributed by atoms with Crippen molar-refractivity contribution >= 4 is 43.8 Å². The van der Waals surface area contributed by atoms with Crippen molar-refractivity contribution in [3.63, 3.8) is 0 Å². The topological polar surface area (TPSA) is 85.1 Å². The first-order valence-electron chi connectivity index (χ1n) is 6.43. The van der Waals surface area contributed by atoms with Gasteiger partial charge in [-0.2, -0.15) is 0 Å². The maximum absolute atomic E-state index is 12.3. The molecule has 3 rings (SSSR count). The van der Waals surface area contributed by atoms with Gasteiger partial charge < -0.3 is 11.1 Å². The second-order valence-electron chi connectivity index (χ2n) is 4.81. The van der Waals surface area contributed by atoms with E-state index in [9.17, 15) is 9.00 Å². The highest BCUT2D eigenvalue weighted by Gasteiger charge is 2.22. The van der Waals surface area contributed by atoms with Gasteiger partial charge in [-0.25, -0.2) is 0 Å². The molecule has 2 aromatic heterocycles. The smallest absolute Gasteiger partial charge is 0.263 e. The van der Waals surface area contributed by atoms with Crippen molar-refractivity contribution in [3.8, 4) is 0 Å². The number of nitrogens with two attached hydrogens (primary N) is 1. The minimum Gasteiger partial charge on any atom is -0.397 e. The summed E-state index contributed by atoms with van der Waals surface area (Å²) in [4.78, 5) is 16.9. The number of aromatic nitrogens is 1. The zero-order valence-electron chi connectivity index (χ0n) is 10.8. The zero-order chi connectivity index (χ0) is 14.1. The first-order chi connectivity index (χ1) is 9.65. The van der Waals surface area contributed by atoms with E-state index < -0.39 is 10.8 Å². The summed E-state index contributed by atoms with van der Waals surface area (Å²) in [7, 11) is -0.719. The van der Waals surface area contributed by atoms with Crippen LogP contribution in [0.4, 0.5) is 5.69 Å². The molecule has 7 heteroatoms. The van der Waals surface area contributed by atoms with Crippen LogP contribution in [-0.4, -0.2) is 32.6 Å². The number of nitrogens with one attached hydrogen (secondary N) is 1. The van der Waals surface area contributed by atoms with Crippen LogP contribution in [0.5, 0.6) is 0 Å². The highest BCUT2D eigenvalue weighted by Crippen LogP contribution is 2.32. The maximum atomic E-state index is 12.3. The van der Waals surface area contributed by atoms with E-state index in [1.54, 1.807) is 12.4 Å². The molecule has 0 spiro atoms. The second kappa shape index (κ2) is 5.49. The lowest BCUT2D eigenvalue weighted by molar-refractivity contribution is 0.0939. The van der Waals surface area contributed by atoms with E-state index in [0.717, 1.165) is 22.9 Å². The fourth-order valence-corrected chi connectivity index (χ4v) is 4.62. The molecule has 0 aromatic carbocycles. The highest BCUT2D eigenvalue weighted by molar-refractivity contribution is 7.85. The average molecular weight is 309 g/mol. The Bertz CT molecular complexity index is 673. The third-order valence-corrected chi connectivity index (χ3v) is 6.00. The summed E-state index contributed by atoms with van der Waals surface area (Å²) in [5.41, 5.74) is 6.56. The molecule has 0 radical (unpaired) electrons. The molecular weight excluding hydrogens is 294 g/mol. The van der Waals surface area contributed by atoms with E-state index in [2.05, 4.69) is 10.3 Å². The van der Waals surface area contributed by atoms with E-state index in [1.165, 1.54) is 11.3 Å². The predicted molar refractivity (Wildman–Crippen MR) is 82.4 cm³/mol. The summed E-state index contributed by atoms with van der Waals surface area (Å²) in [6.07, 6.45) is 4.93. The van der Waals surface area contributed by atoms with Crippen LogP contribution in [0.2, 0.25) is 0 Å². The van der Waals surface area contributed by atoms with Crippen molar-refractivity contribution in [2.75, 3.05) is 17.2 Å². The zero-order valence-corrected chi connectivity index (χ0v) is 12.4. The number of nitrogens with zero attached hydrogens (tertiary/aromatic N) is 1. The number of amides is 1. The van der Waals surface area contributed by atoms with Crippen LogP contribution in [0.1, 0.15) is 22.5 Å². The lowest BCUT2D eigenvalue weighted by Gasteiger charge is -2.22. The first kappa shape index (κ1) is 13.5. The average Bonchev–Trinajstić information content (AvgIpc) is 2.79. The lowest BCUT2D eigenvalue weighted by atomic mass is 10.1. The van der Waals surface area contributed by atoms with Crippen molar-refractivity contribution < 1.29 is 9.00 Å². The van der Waals surface area contributed by atoms with Crippen LogP contribution < -0.4 is 11.1 Å². The Morgan fingerprint density at radius 2 is 2.20 bits per heavy atom. The number of thiophene rings is 1. The summed E-state index contributed by atoms with van der Waals surface area (Å²) in [6.45, 7) is 0. The van der Waals surface area contributed by atoms with Crippen LogP contribution in [-0.2, 0) is 10.8 Å². The van der Waals surface area contributed by atoms with Gasteiger partial charge in [-0.1, -0.05) is 0 Å². The molecule has 3 N–H and O–H groups in total. The normalized spacial score (nSPS) is 22.8. The van der Waals surface area contributed by atoms with Gasteiger partial charge >= 0.3 is 0 Å². The summed E-state index contributed by atoms with van der Waals surface area (Å²) in [5, 5.41) is 3.87. The summed E-state index contributed by atoms with van der Waals surface area (Å²) in [6, 6.07) is 1.92. The Kier molecular flexibility index (Phi) is 3.71. The fraction of sp³-hybridized carbons (Fsp3) is 0.385. The lowest BCUT2D eigenvalue weighted by Crippen LogP contribution is -2.39. The van der Waals surface area contributed by atoms with Crippen molar-refractivity contribution in [1.82, 2.24) is 10.3 Å². The van der Waals surface area contributed by atoms with Crippen LogP contribution >= 0.6 is 11.3 Å². The summed E-state index contributed by atoms with van der Waals surface area (Å²) >= 11 is 1.36. The minimum atomic E-state index is -0.719. The summed E-state index contributed by atoms with van der Waals surface area (Å²) < 4.78 is 12.2. The number of rotatable bonds is 2. The van der Waals surface area contributed by atoms with Gasteiger partial charge in [0, 0.05) is 46.1 Å². The number of hydrogen-bond donors (Lipinski definition) is 2. The maximum Gasteiger partial charge on any atom is 0.263 e. The number of hydrogen-bond acceptors (Lipinski definition) is 5. The molecule has 0 aliphatic carbocycles. The molecule has 20 heavy (non-hydrogen) atoms. The first-order valence-corrected chi connectivity index (χ1v) is 8.73. The van der Waals surface area contributed by atoms with Gasteiger partial charge in [0.2, 0.25) is 0 Å². The molecule has 0 atom stereocenters. The van der Waals surface area contributed by atoms with Gasteiger partial charge in [0.1, 0.15) is 4.88 Å². The Labute approximate surface area is 123 Å². The molecule has 0 saturated carbocycles. The largest absolute Gasteiger partial charge is 0.397 e. The van der Waals surface area contributed by atoms with Crippen molar-refractivity contribution in [2.45, 2.75) is 18.9 Å². The molecule has 106 valence electrons. The fourth-order valence-electron chi connectivity index (χ4n) is 2.33. The van der Waals surface area contributed by atoms with Crippen LogP contribution in [0.25, 0.3) is 10.1 Å². The van der Waals surface area contributed by atoms with Gasteiger partial charge in [0.05, 0.1) is 10.4 Å². The monoisotopic (exact) mass is 309 g/mol. The van der Waals surface area contributed by atoms with Gasteiger partial charge in [0.25, 0.3) is 5.91 Å². The van der Waals surface area contributed by atoms with Crippen molar-refractivity contribution in [2.24, 2.45) is 0 Å². The highest BCUT2D eigenvalue weighted by atomic mass is 32.2. The second-order valence-corrected chi connectivity index (χ2v) is 7.56. The molecule has 0 unspecified atom stereocenters. The number of carbonyl (C=O) groups excluding carboxylic acids is 1. The third kappa shape index (κ3) is 2.55. The van der Waals surface area contributed by atoms with Crippen LogP contribution in [0.3, 0.4) is 0 Å². The van der Waals surface area contributed by atoms with Gasteiger partial charge in [-0.15, -0.1) is 11.3 Å². The molecular formula is C13H15N3O2S2. The molecule has 1 aliphatic rings. The molecule has 1 saturated heterocycles. The Morgan fingerprint density at radius 3 is 2.90 bits per heavy atom. The SMILES string of the molecule is Nc1c(C(=O)NC2CCS(=O)CC2)sc2cnccc12. The molecule has 1 fully saturated rings. The molecule has 3 heterocycles. The number of fused-ring (bicyclic) bond motifs is 1. The van der Waals surface area contributed by atoms with Gasteiger partial charge in [-0.3, -0.25) is 14.0 Å². The van der Waals surface area contributed by atoms with Gasteiger partial charge in [0.15, 0.2) is 0 Å². The van der Waals surface area contributed by atoms with E-state index in [4.69, 9.17) is 5.73 Å². The van der Waals surface area contributed by atoms with E-state index in [-0.39, 0.29) is 11.9 Å². The van der Waals surface area contributed by atoms with Crippen LogP contribution in [0.15, 0.2) is 18.5 Å². The molecule has 1 amide bonds. The van der Waals surface area contributed by atoms with Crippen LogP contribution in [0, 0.1) is 0 Å². The van der Waals surface area contributed by atoms with E-state index in [1.807, 2.05) is 6.07 Å². The predicted octanol–water partition coefficient (Wildman–Crippen LogP) is 1.52. The quantitative estimate of drug-likeness (QED) is 0.881. The number of carbonyl (C=O) groups is 1. The third-order valence-electron chi connectivity index (χ3n) is 3.46. The van der Waals surface area contributed by atoms with Crippen molar-refractivity contribution in [3.05, 3.63) is 23.3 Å². The Morgan fingerprint density at radius 1 is 1.45 bits per heavy atom. The molecule has 0 bridgehead atoms. The Hall–Kier alpha value is -1.47. The number of anilines is 1. The summed E-state index contributed by atoms with van der Waals surface area (Å²) in [5.74, 6) is 1.19. The standard InChI is InChI=1S/C13H15N3O2S2/c14-11-9-1-4-15-7-10(9)19-12(11)13(17)16-8-2-5-20(18)6-3-8/h1,4,7-8H,2-3,5-6,14H2,(H,16,17). The van der Waals surface area contributed by atoms with E-state index >= 15 is 0 Å². The molecule has 1 aliphatic heterocycles. The van der Waals surface area contributed by atoms with E-state index in [0.29, 0.717) is 22.1 Å². The minimum absolute atomic E-state index is 0.0999.